The Morgan fingerprint density at radius 3 is 2.65 bits per heavy atom. The Labute approximate surface area is 122 Å². The molecule has 20 heavy (non-hydrogen) atoms. The zero-order chi connectivity index (χ0) is 15.1. The number of likely N-dealkylation sites (N-methyl/N-ethyl adjacent to an activating group) is 2. The topological polar surface area (TPSA) is 60.9 Å². The monoisotopic (exact) mass is 294 g/mol. The van der Waals surface area contributed by atoms with E-state index in [1.54, 1.807) is 25.5 Å². The normalized spacial score (nSPS) is 9.60. The van der Waals surface area contributed by atoms with Crippen molar-refractivity contribution in [2.24, 2.45) is 0 Å². The molecule has 0 atom stereocenters. The first-order valence-corrected chi connectivity index (χ1v) is 7.05. The molecule has 6 heteroatoms. The van der Waals surface area contributed by atoms with Crippen molar-refractivity contribution in [1.82, 2.24) is 9.80 Å². The third kappa shape index (κ3) is 4.37. The van der Waals surface area contributed by atoms with Crippen LogP contribution in [0.4, 0.5) is 0 Å². The lowest BCUT2D eigenvalue weighted by Crippen LogP contribution is -2.40. The smallest absolute Gasteiger partial charge is 0.255 e. The molecule has 1 N–H and O–H groups in total. The molecule has 0 spiro atoms. The van der Waals surface area contributed by atoms with E-state index in [0.29, 0.717) is 12.1 Å². The minimum Gasteiger partial charge on any atom is -0.384 e. The van der Waals surface area contributed by atoms with Crippen LogP contribution >= 0.6 is 11.3 Å². The fourth-order valence-electron chi connectivity index (χ4n) is 1.46. The molecule has 0 aromatic carbocycles. The fraction of sp³-hybridized carbons (Fsp3) is 0.429. The molecule has 0 saturated heterocycles. The van der Waals surface area contributed by atoms with E-state index in [4.69, 9.17) is 5.11 Å². The summed E-state index contributed by atoms with van der Waals surface area (Å²) in [5, 5.41) is 10.3. The van der Waals surface area contributed by atoms with Crippen molar-refractivity contribution < 1.29 is 14.7 Å². The first-order valence-electron chi connectivity index (χ1n) is 6.17. The molecule has 1 rings (SSSR count). The van der Waals surface area contributed by atoms with E-state index in [9.17, 15) is 9.59 Å². The molecule has 1 aromatic rings. The zero-order valence-corrected chi connectivity index (χ0v) is 12.7. The highest BCUT2D eigenvalue weighted by Gasteiger charge is 2.19. The molecule has 0 aliphatic carbocycles. The second-order valence-electron chi connectivity index (χ2n) is 4.27. The van der Waals surface area contributed by atoms with Gasteiger partial charge in [-0.15, -0.1) is 11.3 Å². The molecule has 0 aliphatic heterocycles. The number of hydrogen-bond donors (Lipinski definition) is 1. The molecule has 0 bridgehead atoms. The van der Waals surface area contributed by atoms with Gasteiger partial charge in [0.2, 0.25) is 5.91 Å². The summed E-state index contributed by atoms with van der Waals surface area (Å²) in [5.74, 6) is 5.00. The zero-order valence-electron chi connectivity index (χ0n) is 11.8. The van der Waals surface area contributed by atoms with Gasteiger partial charge in [0.15, 0.2) is 0 Å². The average Bonchev–Trinajstić information content (AvgIpc) is 2.90. The Balaban J connectivity index is 2.80. The summed E-state index contributed by atoms with van der Waals surface area (Å²) in [7, 11) is 3.32. The summed E-state index contributed by atoms with van der Waals surface area (Å²) >= 11 is 1.34. The summed E-state index contributed by atoms with van der Waals surface area (Å²) in [6.07, 6.45) is 0. The quantitative estimate of drug-likeness (QED) is 0.829. The van der Waals surface area contributed by atoms with Crippen LogP contribution in [-0.4, -0.2) is 60.5 Å². The summed E-state index contributed by atoms with van der Waals surface area (Å²) in [4.78, 5) is 27.6. The maximum atomic E-state index is 12.3. The molecular formula is C14H18N2O3S. The van der Waals surface area contributed by atoms with E-state index >= 15 is 0 Å². The van der Waals surface area contributed by atoms with Crippen LogP contribution in [0.2, 0.25) is 0 Å². The molecule has 0 aliphatic rings. The van der Waals surface area contributed by atoms with Crippen molar-refractivity contribution in [1.29, 1.82) is 0 Å². The molecule has 5 nitrogen and oxygen atoms in total. The van der Waals surface area contributed by atoms with E-state index < -0.39 is 0 Å². The van der Waals surface area contributed by atoms with Gasteiger partial charge in [-0.2, -0.15) is 0 Å². The van der Waals surface area contributed by atoms with Crippen LogP contribution in [0, 0.1) is 11.8 Å². The van der Waals surface area contributed by atoms with Crippen LogP contribution < -0.4 is 0 Å². The lowest BCUT2D eigenvalue weighted by atomic mass is 10.2. The van der Waals surface area contributed by atoms with Crippen LogP contribution in [0.1, 0.15) is 22.2 Å². The van der Waals surface area contributed by atoms with Crippen LogP contribution in [0.3, 0.4) is 0 Å². The van der Waals surface area contributed by atoms with Crippen molar-refractivity contribution in [2.45, 2.75) is 6.92 Å². The Morgan fingerprint density at radius 1 is 1.40 bits per heavy atom. The standard InChI is InChI=1S/C14H18N2O3S/c1-4-16(9-13(18)15(2)3)14(19)11-8-12(20-10-11)6-5-7-17/h8,10,17H,4,7,9H2,1-3H3. The van der Waals surface area contributed by atoms with Crippen molar-refractivity contribution in [3.8, 4) is 11.8 Å². The highest BCUT2D eigenvalue weighted by Crippen LogP contribution is 2.15. The van der Waals surface area contributed by atoms with Crippen LogP contribution in [0.25, 0.3) is 0 Å². The van der Waals surface area contributed by atoms with E-state index in [-0.39, 0.29) is 25.0 Å². The number of carbonyl (C=O) groups excluding carboxylic acids is 2. The van der Waals surface area contributed by atoms with Crippen molar-refractivity contribution in [3.63, 3.8) is 0 Å². The van der Waals surface area contributed by atoms with Gasteiger partial charge < -0.3 is 14.9 Å². The van der Waals surface area contributed by atoms with E-state index in [2.05, 4.69) is 11.8 Å². The summed E-state index contributed by atoms with van der Waals surface area (Å²) in [6, 6.07) is 1.68. The maximum absolute atomic E-state index is 12.3. The van der Waals surface area contributed by atoms with Gasteiger partial charge in [-0.05, 0) is 13.0 Å². The van der Waals surface area contributed by atoms with Crippen LogP contribution in [0.15, 0.2) is 11.4 Å². The Bertz CT molecular complexity index is 540. The van der Waals surface area contributed by atoms with Gasteiger partial charge in [0.1, 0.15) is 6.61 Å². The number of hydrogen-bond acceptors (Lipinski definition) is 4. The largest absolute Gasteiger partial charge is 0.384 e. The highest BCUT2D eigenvalue weighted by atomic mass is 32.1. The van der Waals surface area contributed by atoms with Gasteiger partial charge in [0.05, 0.1) is 17.0 Å². The van der Waals surface area contributed by atoms with Crippen LogP contribution in [0.5, 0.6) is 0 Å². The minimum atomic E-state index is -0.209. The maximum Gasteiger partial charge on any atom is 0.255 e. The lowest BCUT2D eigenvalue weighted by molar-refractivity contribution is -0.129. The Morgan fingerprint density at radius 2 is 2.10 bits per heavy atom. The Hall–Kier alpha value is -1.84. The second kappa shape index (κ2) is 7.68. The Kier molecular flexibility index (Phi) is 6.22. The van der Waals surface area contributed by atoms with Crippen molar-refractivity contribution in [3.05, 3.63) is 21.9 Å². The highest BCUT2D eigenvalue weighted by molar-refractivity contribution is 7.10. The lowest BCUT2D eigenvalue weighted by Gasteiger charge is -2.21. The summed E-state index contributed by atoms with van der Waals surface area (Å²) in [5.41, 5.74) is 0.519. The molecule has 108 valence electrons. The molecule has 1 heterocycles. The van der Waals surface area contributed by atoms with E-state index in [0.717, 1.165) is 4.88 Å². The van der Waals surface area contributed by atoms with Gasteiger partial charge in [-0.1, -0.05) is 11.8 Å². The number of aliphatic hydroxyl groups is 1. The minimum absolute atomic E-state index is 0.0653. The van der Waals surface area contributed by atoms with E-state index in [1.807, 2.05) is 6.92 Å². The van der Waals surface area contributed by atoms with Crippen LogP contribution in [-0.2, 0) is 4.79 Å². The molecule has 0 unspecified atom stereocenters. The van der Waals surface area contributed by atoms with Crippen molar-refractivity contribution >= 4 is 23.2 Å². The number of amides is 2. The third-order valence-electron chi connectivity index (χ3n) is 2.63. The van der Waals surface area contributed by atoms with Gasteiger partial charge in [0, 0.05) is 26.0 Å². The molecule has 1 aromatic heterocycles. The van der Waals surface area contributed by atoms with Crippen molar-refractivity contribution in [2.75, 3.05) is 33.8 Å². The molecular weight excluding hydrogens is 276 g/mol. The number of rotatable bonds is 4. The third-order valence-corrected chi connectivity index (χ3v) is 3.48. The summed E-state index contributed by atoms with van der Waals surface area (Å²) < 4.78 is 0. The predicted molar refractivity (Wildman–Crippen MR) is 78.6 cm³/mol. The van der Waals surface area contributed by atoms with Gasteiger partial charge >= 0.3 is 0 Å². The molecule has 0 saturated carbocycles. The number of carbonyl (C=O) groups is 2. The second-order valence-corrected chi connectivity index (χ2v) is 5.18. The van der Waals surface area contributed by atoms with E-state index in [1.165, 1.54) is 21.1 Å². The summed E-state index contributed by atoms with van der Waals surface area (Å²) in [6.45, 7) is 2.15. The molecule has 0 radical (unpaired) electrons. The average molecular weight is 294 g/mol. The SMILES string of the molecule is CCN(CC(=O)N(C)C)C(=O)c1csc(C#CCO)c1. The number of nitrogens with zero attached hydrogens (tertiary/aromatic N) is 2. The predicted octanol–water partition coefficient (Wildman–Crippen LogP) is 0.642. The van der Waals surface area contributed by atoms with Gasteiger partial charge in [-0.3, -0.25) is 9.59 Å². The van der Waals surface area contributed by atoms with Gasteiger partial charge in [-0.25, -0.2) is 0 Å². The number of thiophene rings is 1. The molecule has 0 fully saturated rings. The molecule has 2 amide bonds. The number of aliphatic hydroxyl groups excluding tert-OH is 1. The van der Waals surface area contributed by atoms with Gasteiger partial charge in [0.25, 0.3) is 5.91 Å². The first kappa shape index (κ1) is 16.2. The first-order chi connectivity index (χ1) is 9.49. The fourth-order valence-corrected chi connectivity index (χ4v) is 2.20.